The third kappa shape index (κ3) is 6.63. The van der Waals surface area contributed by atoms with E-state index in [1.54, 1.807) is 56.3 Å². The largest absolute Gasteiger partial charge is 0.494 e. The summed E-state index contributed by atoms with van der Waals surface area (Å²) in [6, 6.07) is 11.3. The van der Waals surface area contributed by atoms with Gasteiger partial charge in [0.05, 0.1) is 23.8 Å². The summed E-state index contributed by atoms with van der Waals surface area (Å²) in [5.41, 5.74) is 2.11. The number of sulfonamides is 1. The maximum atomic E-state index is 13.0. The fraction of sp³-hybridized carbons (Fsp3) is 0.280. The van der Waals surface area contributed by atoms with Crippen molar-refractivity contribution in [2.75, 3.05) is 23.3 Å². The molecule has 0 aliphatic carbocycles. The molecule has 0 saturated heterocycles. The number of hydrogen-bond acceptors (Lipinski definition) is 7. The first-order valence-electron chi connectivity index (χ1n) is 11.2. The Bertz CT molecular complexity index is 1300. The number of benzene rings is 2. The van der Waals surface area contributed by atoms with Gasteiger partial charge < -0.3 is 19.3 Å². The summed E-state index contributed by atoms with van der Waals surface area (Å²) in [6.07, 6.45) is 3.74. The van der Waals surface area contributed by atoms with Crippen molar-refractivity contribution < 1.29 is 27.2 Å². The Kier molecular flexibility index (Phi) is 8.53. The maximum Gasteiger partial charge on any atom is 0.262 e. The van der Waals surface area contributed by atoms with E-state index in [1.807, 2.05) is 13.8 Å². The Morgan fingerprint density at radius 3 is 2.40 bits per heavy atom. The first-order chi connectivity index (χ1) is 16.8. The van der Waals surface area contributed by atoms with Crippen molar-refractivity contribution in [3.63, 3.8) is 0 Å². The van der Waals surface area contributed by atoms with Gasteiger partial charge in [0.15, 0.2) is 5.76 Å². The highest BCUT2D eigenvalue weighted by atomic mass is 32.2. The number of amides is 1. The Morgan fingerprint density at radius 1 is 1.03 bits per heavy atom. The molecule has 0 bridgehead atoms. The molecule has 3 rings (SSSR count). The molecule has 0 spiro atoms. The molecule has 10 heteroatoms. The molecule has 0 atom stereocenters. The number of ether oxygens (including phenoxy) is 2. The van der Waals surface area contributed by atoms with Gasteiger partial charge in [-0.05, 0) is 56.7 Å². The molecular weight excluding hydrogens is 470 g/mol. The lowest BCUT2D eigenvalue weighted by Crippen LogP contribution is -2.14. The molecule has 0 aliphatic rings. The molecule has 1 heterocycles. The van der Waals surface area contributed by atoms with Gasteiger partial charge in [-0.15, -0.1) is 0 Å². The molecule has 9 nitrogen and oxygen atoms in total. The smallest absolute Gasteiger partial charge is 0.262 e. The number of aromatic nitrogens is 1. The highest BCUT2D eigenvalue weighted by Gasteiger charge is 2.18. The third-order valence-electron chi connectivity index (χ3n) is 4.90. The normalized spacial score (nSPS) is 11.4. The van der Waals surface area contributed by atoms with Crippen LogP contribution in [0, 0.1) is 6.92 Å². The van der Waals surface area contributed by atoms with Gasteiger partial charge in [0.25, 0.3) is 10.0 Å². The average Bonchev–Trinajstić information content (AvgIpc) is 3.18. The molecule has 0 saturated carbocycles. The van der Waals surface area contributed by atoms with Crippen LogP contribution in [-0.2, 0) is 14.8 Å². The first kappa shape index (κ1) is 25.8. The summed E-state index contributed by atoms with van der Waals surface area (Å²) in [5.74, 6) is 1.20. The van der Waals surface area contributed by atoms with Gasteiger partial charge in [0, 0.05) is 12.5 Å². The van der Waals surface area contributed by atoms with E-state index in [0.717, 1.165) is 5.56 Å². The van der Waals surface area contributed by atoms with Crippen LogP contribution in [0.4, 0.5) is 11.4 Å². The molecule has 1 aromatic heterocycles. The van der Waals surface area contributed by atoms with Crippen molar-refractivity contribution in [2.24, 2.45) is 0 Å². The number of hydrogen-bond donors (Lipinski definition) is 2. The van der Waals surface area contributed by atoms with E-state index in [9.17, 15) is 13.2 Å². The van der Waals surface area contributed by atoms with Gasteiger partial charge in [-0.2, -0.15) is 0 Å². The van der Waals surface area contributed by atoms with Gasteiger partial charge in [-0.1, -0.05) is 30.3 Å². The minimum atomic E-state index is -3.88. The Hall–Kier alpha value is -3.79. The van der Waals surface area contributed by atoms with E-state index < -0.39 is 10.0 Å². The zero-order valence-corrected chi connectivity index (χ0v) is 20.9. The number of nitrogens with one attached hydrogen (secondary N) is 2. The summed E-state index contributed by atoms with van der Waals surface area (Å²) < 4.78 is 44.9. The minimum absolute atomic E-state index is 0.0883. The van der Waals surface area contributed by atoms with Crippen LogP contribution in [0.3, 0.4) is 0 Å². The number of anilines is 2. The van der Waals surface area contributed by atoms with E-state index in [-0.39, 0.29) is 10.8 Å². The summed E-state index contributed by atoms with van der Waals surface area (Å²) in [7, 11) is -3.88. The summed E-state index contributed by atoms with van der Waals surface area (Å²) in [5, 5.41) is 6.66. The van der Waals surface area contributed by atoms with E-state index in [1.165, 1.54) is 12.1 Å². The zero-order chi connectivity index (χ0) is 25.4. The highest BCUT2D eigenvalue weighted by molar-refractivity contribution is 7.92. The molecule has 3 aromatic rings. The van der Waals surface area contributed by atoms with Crippen LogP contribution in [0.15, 0.2) is 51.9 Å². The lowest BCUT2D eigenvalue weighted by molar-refractivity contribution is -0.115. The van der Waals surface area contributed by atoms with Crippen molar-refractivity contribution in [1.82, 2.24) is 5.16 Å². The predicted molar refractivity (Wildman–Crippen MR) is 135 cm³/mol. The van der Waals surface area contributed by atoms with E-state index >= 15 is 0 Å². The second-order valence-corrected chi connectivity index (χ2v) is 9.12. The van der Waals surface area contributed by atoms with Crippen LogP contribution in [0.25, 0.3) is 12.2 Å². The average molecular weight is 500 g/mol. The third-order valence-corrected chi connectivity index (χ3v) is 6.28. The number of aryl methyl sites for hydroxylation is 1. The van der Waals surface area contributed by atoms with Gasteiger partial charge in [0.2, 0.25) is 5.91 Å². The predicted octanol–water partition coefficient (Wildman–Crippen LogP) is 5.10. The van der Waals surface area contributed by atoms with Crippen LogP contribution in [-0.4, -0.2) is 32.7 Å². The second-order valence-electron chi connectivity index (χ2n) is 7.44. The molecule has 35 heavy (non-hydrogen) atoms. The molecule has 0 fully saturated rings. The minimum Gasteiger partial charge on any atom is -0.494 e. The molecule has 1 amide bonds. The highest BCUT2D eigenvalue weighted by Crippen LogP contribution is 2.31. The zero-order valence-electron chi connectivity index (χ0n) is 20.1. The van der Waals surface area contributed by atoms with E-state index in [2.05, 4.69) is 15.2 Å². The topological polar surface area (TPSA) is 120 Å². The maximum absolute atomic E-state index is 13.0. The van der Waals surface area contributed by atoms with Crippen LogP contribution in [0.2, 0.25) is 0 Å². The Labute approximate surface area is 205 Å². The molecular formula is C25H29N3O6S. The van der Waals surface area contributed by atoms with Gasteiger partial charge >= 0.3 is 0 Å². The van der Waals surface area contributed by atoms with Gasteiger partial charge in [-0.3, -0.25) is 9.52 Å². The SMILES string of the molecule is CCOc1ccc(OCC)c(NS(=O)(=O)c2ccc(C=Cc3onc(C)c3NC(=O)CC)cc2)c1. The number of carbonyl (C=O) groups excluding carboxylic acids is 1. The summed E-state index contributed by atoms with van der Waals surface area (Å²) in [6.45, 7) is 8.00. The molecule has 0 aliphatic heterocycles. The van der Waals surface area contributed by atoms with Crippen LogP contribution in [0.5, 0.6) is 11.5 Å². The van der Waals surface area contributed by atoms with Crippen molar-refractivity contribution in [1.29, 1.82) is 0 Å². The summed E-state index contributed by atoms with van der Waals surface area (Å²) >= 11 is 0. The van der Waals surface area contributed by atoms with Crippen molar-refractivity contribution in [3.05, 3.63) is 59.5 Å². The monoisotopic (exact) mass is 499 g/mol. The van der Waals surface area contributed by atoms with Crippen molar-refractivity contribution in [2.45, 2.75) is 39.0 Å². The molecule has 186 valence electrons. The Balaban J connectivity index is 1.79. The van der Waals surface area contributed by atoms with E-state index in [4.69, 9.17) is 14.0 Å². The number of carbonyl (C=O) groups is 1. The molecule has 2 aromatic carbocycles. The fourth-order valence-electron chi connectivity index (χ4n) is 3.14. The lowest BCUT2D eigenvalue weighted by Gasteiger charge is -2.14. The quantitative estimate of drug-likeness (QED) is 0.377. The van der Waals surface area contributed by atoms with E-state index in [0.29, 0.717) is 54.0 Å². The van der Waals surface area contributed by atoms with Crippen molar-refractivity contribution in [3.8, 4) is 11.5 Å². The molecule has 0 unspecified atom stereocenters. The standard InChI is InChI=1S/C25H29N3O6S/c1-5-24(29)26-25-17(4)27-34-23(25)14-10-18-8-12-20(13-9-18)35(30,31)28-21-16-19(32-6-2)11-15-22(21)33-7-3/h8-16,28H,5-7H2,1-4H3,(H,26,29). The molecule has 0 radical (unpaired) electrons. The van der Waals surface area contributed by atoms with Gasteiger partial charge in [-0.25, -0.2) is 8.42 Å². The van der Waals surface area contributed by atoms with Gasteiger partial charge in [0.1, 0.15) is 22.9 Å². The van der Waals surface area contributed by atoms with Crippen LogP contribution < -0.4 is 19.5 Å². The Morgan fingerprint density at radius 2 is 1.74 bits per heavy atom. The van der Waals surface area contributed by atoms with Crippen LogP contribution >= 0.6 is 0 Å². The number of rotatable bonds is 11. The van der Waals surface area contributed by atoms with Crippen molar-refractivity contribution >= 4 is 39.5 Å². The molecule has 2 N–H and O–H groups in total. The second kappa shape index (κ2) is 11.6. The summed E-state index contributed by atoms with van der Waals surface area (Å²) in [4.78, 5) is 11.8. The first-order valence-corrected chi connectivity index (χ1v) is 12.7. The lowest BCUT2D eigenvalue weighted by atomic mass is 10.2. The van der Waals surface area contributed by atoms with Crippen LogP contribution in [0.1, 0.15) is 44.2 Å². The fourth-order valence-corrected chi connectivity index (χ4v) is 4.20. The number of nitrogens with zero attached hydrogens (tertiary/aromatic N) is 1.